The lowest BCUT2D eigenvalue weighted by molar-refractivity contribution is -0.131. The van der Waals surface area contributed by atoms with Crippen molar-refractivity contribution in [1.82, 2.24) is 19.4 Å². The second-order valence-electron chi connectivity index (χ2n) is 7.06. The molecule has 1 amide bonds. The molecule has 5 heteroatoms. The van der Waals surface area contributed by atoms with Gasteiger partial charge in [0.25, 0.3) is 0 Å². The molecule has 0 radical (unpaired) electrons. The number of aromatic nitrogens is 3. The molecule has 26 heavy (non-hydrogen) atoms. The fraction of sp³-hybridized carbons (Fsp3) is 0.381. The number of imidazole rings is 1. The highest BCUT2D eigenvalue weighted by atomic mass is 16.2. The molecule has 134 valence electrons. The van der Waals surface area contributed by atoms with Crippen LogP contribution in [-0.4, -0.2) is 37.9 Å². The Morgan fingerprint density at radius 1 is 1.27 bits per heavy atom. The number of amides is 1. The molecule has 0 aliphatic carbocycles. The van der Waals surface area contributed by atoms with E-state index in [1.807, 2.05) is 48.5 Å². The number of fused-ring (bicyclic) bond motifs is 1. The largest absolute Gasteiger partial charge is 0.339 e. The highest BCUT2D eigenvalue weighted by Crippen LogP contribution is 2.23. The summed E-state index contributed by atoms with van der Waals surface area (Å²) in [5.74, 6) is 1.29. The van der Waals surface area contributed by atoms with E-state index < -0.39 is 0 Å². The molecule has 0 spiro atoms. The molecule has 5 nitrogen and oxygen atoms in total. The van der Waals surface area contributed by atoms with E-state index in [4.69, 9.17) is 0 Å². The van der Waals surface area contributed by atoms with Crippen LogP contribution in [0.1, 0.15) is 30.7 Å². The molecule has 3 heterocycles. The monoisotopic (exact) mass is 348 g/mol. The van der Waals surface area contributed by atoms with Gasteiger partial charge in [-0.05, 0) is 30.2 Å². The Morgan fingerprint density at radius 2 is 2.15 bits per heavy atom. The van der Waals surface area contributed by atoms with Crippen molar-refractivity contribution in [2.75, 3.05) is 6.54 Å². The first-order valence-electron chi connectivity index (χ1n) is 9.29. The first kappa shape index (κ1) is 16.8. The van der Waals surface area contributed by atoms with Crippen molar-refractivity contribution < 1.29 is 4.79 Å². The molecule has 1 saturated heterocycles. The number of hydrogen-bond donors (Lipinski definition) is 0. The van der Waals surface area contributed by atoms with Crippen molar-refractivity contribution in [2.45, 2.75) is 38.1 Å². The number of carbonyl (C=O) groups is 1. The summed E-state index contributed by atoms with van der Waals surface area (Å²) in [7, 11) is 2.01. The van der Waals surface area contributed by atoms with Crippen molar-refractivity contribution in [2.24, 2.45) is 7.05 Å². The van der Waals surface area contributed by atoms with E-state index in [-0.39, 0.29) is 11.9 Å². The van der Waals surface area contributed by atoms with E-state index in [0.717, 1.165) is 49.0 Å². The van der Waals surface area contributed by atoms with E-state index in [9.17, 15) is 4.79 Å². The van der Waals surface area contributed by atoms with Crippen LogP contribution in [0, 0.1) is 0 Å². The van der Waals surface area contributed by atoms with Gasteiger partial charge in [0, 0.05) is 62.6 Å². The van der Waals surface area contributed by atoms with Crippen LogP contribution in [0.5, 0.6) is 0 Å². The SMILES string of the molecule is Cn1ccnc1C[C@H]1CCCN1C(=O)CCc1cncc2ccccc12. The van der Waals surface area contributed by atoms with Gasteiger partial charge in [0.2, 0.25) is 5.91 Å². The minimum atomic E-state index is 0.245. The normalized spacial score (nSPS) is 17.1. The van der Waals surface area contributed by atoms with Crippen LogP contribution < -0.4 is 0 Å². The Morgan fingerprint density at radius 3 is 3.00 bits per heavy atom. The number of benzene rings is 1. The van der Waals surface area contributed by atoms with Gasteiger partial charge in [-0.25, -0.2) is 4.98 Å². The summed E-state index contributed by atoms with van der Waals surface area (Å²) in [6.07, 6.45) is 11.8. The van der Waals surface area contributed by atoms with E-state index in [0.29, 0.717) is 6.42 Å². The maximum atomic E-state index is 12.9. The smallest absolute Gasteiger partial charge is 0.223 e. The van der Waals surface area contributed by atoms with Gasteiger partial charge in [-0.2, -0.15) is 0 Å². The minimum Gasteiger partial charge on any atom is -0.339 e. The number of likely N-dealkylation sites (tertiary alicyclic amines) is 1. The molecule has 0 saturated carbocycles. The molecule has 0 N–H and O–H groups in total. The average molecular weight is 348 g/mol. The van der Waals surface area contributed by atoms with Crippen molar-refractivity contribution in [1.29, 1.82) is 0 Å². The number of rotatable bonds is 5. The summed E-state index contributed by atoms with van der Waals surface area (Å²) in [5.41, 5.74) is 1.15. The second kappa shape index (κ2) is 7.28. The third kappa shape index (κ3) is 3.34. The maximum absolute atomic E-state index is 12.9. The molecular formula is C21H24N4O. The molecule has 0 unspecified atom stereocenters. The van der Waals surface area contributed by atoms with Gasteiger partial charge < -0.3 is 9.47 Å². The van der Waals surface area contributed by atoms with Gasteiger partial charge >= 0.3 is 0 Å². The van der Waals surface area contributed by atoms with E-state index in [1.54, 1.807) is 0 Å². The van der Waals surface area contributed by atoms with Crippen LogP contribution in [0.15, 0.2) is 49.1 Å². The van der Waals surface area contributed by atoms with Crippen LogP contribution in [0.25, 0.3) is 10.8 Å². The third-order valence-electron chi connectivity index (χ3n) is 5.40. The molecule has 2 aromatic heterocycles. The third-order valence-corrected chi connectivity index (χ3v) is 5.40. The fourth-order valence-electron chi connectivity index (χ4n) is 3.94. The topological polar surface area (TPSA) is 51.0 Å². The lowest BCUT2D eigenvalue weighted by Crippen LogP contribution is -2.37. The zero-order chi connectivity index (χ0) is 17.9. The molecular weight excluding hydrogens is 324 g/mol. The van der Waals surface area contributed by atoms with Gasteiger partial charge in [0.05, 0.1) is 0 Å². The Hall–Kier alpha value is -2.69. The summed E-state index contributed by atoms with van der Waals surface area (Å²) in [4.78, 5) is 23.7. The van der Waals surface area contributed by atoms with Gasteiger partial charge in [0.1, 0.15) is 5.82 Å². The second-order valence-corrected chi connectivity index (χ2v) is 7.06. The summed E-state index contributed by atoms with van der Waals surface area (Å²) >= 11 is 0. The summed E-state index contributed by atoms with van der Waals surface area (Å²) in [6, 6.07) is 8.50. The van der Waals surface area contributed by atoms with Gasteiger partial charge in [0.15, 0.2) is 0 Å². The molecule has 1 aromatic carbocycles. The highest BCUT2D eigenvalue weighted by Gasteiger charge is 2.29. The highest BCUT2D eigenvalue weighted by molar-refractivity contribution is 5.85. The van der Waals surface area contributed by atoms with Crippen LogP contribution in [0.4, 0.5) is 0 Å². The quantitative estimate of drug-likeness (QED) is 0.712. The number of aryl methyl sites for hydroxylation is 2. The van der Waals surface area contributed by atoms with Crippen LogP contribution in [0.3, 0.4) is 0 Å². The first-order valence-corrected chi connectivity index (χ1v) is 9.29. The van der Waals surface area contributed by atoms with Gasteiger partial charge in [-0.15, -0.1) is 0 Å². The fourth-order valence-corrected chi connectivity index (χ4v) is 3.94. The summed E-state index contributed by atoms with van der Waals surface area (Å²) in [6.45, 7) is 0.863. The standard InChI is InChI=1S/C21H24N4O/c1-24-12-10-23-20(24)13-18-6-4-11-25(18)21(26)9-8-17-15-22-14-16-5-2-3-7-19(16)17/h2-3,5,7,10,12,14-15,18H,4,6,8-9,11,13H2,1H3/t18-/m1/s1. The first-order chi connectivity index (χ1) is 12.7. The molecule has 1 fully saturated rings. The zero-order valence-corrected chi connectivity index (χ0v) is 15.1. The minimum absolute atomic E-state index is 0.245. The number of pyridine rings is 1. The zero-order valence-electron chi connectivity index (χ0n) is 15.1. The molecule has 1 aliphatic rings. The predicted octanol–water partition coefficient (Wildman–Crippen LogP) is 3.13. The molecule has 3 aromatic rings. The molecule has 0 bridgehead atoms. The summed E-state index contributed by atoms with van der Waals surface area (Å²) in [5, 5.41) is 2.33. The van der Waals surface area contributed by atoms with E-state index >= 15 is 0 Å². The molecule has 4 rings (SSSR count). The Bertz CT molecular complexity index is 912. The number of nitrogens with zero attached hydrogens (tertiary/aromatic N) is 4. The lowest BCUT2D eigenvalue weighted by atomic mass is 10.0. The van der Waals surface area contributed by atoms with Gasteiger partial charge in [-0.3, -0.25) is 9.78 Å². The van der Waals surface area contributed by atoms with Crippen LogP contribution >= 0.6 is 0 Å². The Labute approximate surface area is 153 Å². The molecule has 1 aliphatic heterocycles. The lowest BCUT2D eigenvalue weighted by Gasteiger charge is -2.24. The van der Waals surface area contributed by atoms with Crippen molar-refractivity contribution in [3.05, 3.63) is 60.4 Å². The summed E-state index contributed by atoms with van der Waals surface area (Å²) < 4.78 is 2.04. The average Bonchev–Trinajstić information content (AvgIpc) is 3.29. The van der Waals surface area contributed by atoms with E-state index in [2.05, 4.69) is 27.0 Å². The maximum Gasteiger partial charge on any atom is 0.223 e. The van der Waals surface area contributed by atoms with Crippen LogP contribution in [0.2, 0.25) is 0 Å². The van der Waals surface area contributed by atoms with Crippen molar-refractivity contribution in [3.8, 4) is 0 Å². The van der Waals surface area contributed by atoms with Gasteiger partial charge in [-0.1, -0.05) is 24.3 Å². The number of carbonyl (C=O) groups excluding carboxylic acids is 1. The molecule has 1 atom stereocenters. The Balaban J connectivity index is 1.43. The van der Waals surface area contributed by atoms with Crippen LogP contribution in [-0.2, 0) is 24.7 Å². The predicted molar refractivity (Wildman–Crippen MR) is 102 cm³/mol. The number of hydrogen-bond acceptors (Lipinski definition) is 3. The van der Waals surface area contributed by atoms with Crippen molar-refractivity contribution >= 4 is 16.7 Å². The van der Waals surface area contributed by atoms with E-state index in [1.165, 1.54) is 5.39 Å². The van der Waals surface area contributed by atoms with Crippen molar-refractivity contribution in [3.63, 3.8) is 0 Å². The Kier molecular flexibility index (Phi) is 4.69.